The van der Waals surface area contributed by atoms with Crippen LogP contribution in [0.4, 0.5) is 0 Å². The van der Waals surface area contributed by atoms with Gasteiger partial charge in [-0.3, -0.25) is 0 Å². The molecule has 0 saturated carbocycles. The van der Waals surface area contributed by atoms with Crippen LogP contribution in [-0.4, -0.2) is 33.6 Å². The molecule has 3 unspecified atom stereocenters. The summed E-state index contributed by atoms with van der Waals surface area (Å²) in [5.74, 6) is 0. The maximum Gasteiger partial charge on any atom is 0.0542 e. The van der Waals surface area contributed by atoms with Crippen LogP contribution in [0.25, 0.3) is 0 Å². The quantitative estimate of drug-likeness (QED) is 0.557. The van der Waals surface area contributed by atoms with Crippen molar-refractivity contribution in [1.29, 1.82) is 0 Å². The molecule has 0 spiro atoms. The molecule has 3 N–H and O–H groups in total. The van der Waals surface area contributed by atoms with Crippen molar-refractivity contribution < 1.29 is 15.3 Å². The molecule has 3 nitrogen and oxygen atoms in total. The van der Waals surface area contributed by atoms with Gasteiger partial charge in [0.15, 0.2) is 0 Å². The van der Waals surface area contributed by atoms with E-state index in [1.807, 2.05) is 0 Å². The molecule has 0 aromatic rings. The van der Waals surface area contributed by atoms with E-state index in [0.29, 0.717) is 32.1 Å². The SMILES string of the molecule is [CH2]CC(O)CCC(O)CCC(C)O. The van der Waals surface area contributed by atoms with Crippen LogP contribution in [0.2, 0.25) is 0 Å². The Balaban J connectivity index is 3.34. The van der Waals surface area contributed by atoms with E-state index < -0.39 is 12.2 Å². The summed E-state index contributed by atoms with van der Waals surface area (Å²) >= 11 is 0. The van der Waals surface area contributed by atoms with E-state index in [-0.39, 0.29) is 6.10 Å². The smallest absolute Gasteiger partial charge is 0.0542 e. The highest BCUT2D eigenvalue weighted by atomic mass is 16.3. The summed E-state index contributed by atoms with van der Waals surface area (Å²) in [6, 6.07) is 0. The summed E-state index contributed by atoms with van der Waals surface area (Å²) in [5.41, 5.74) is 0. The third-order valence-electron chi connectivity index (χ3n) is 2.08. The minimum atomic E-state index is -0.407. The minimum Gasteiger partial charge on any atom is -0.393 e. The Morgan fingerprint density at radius 3 is 1.85 bits per heavy atom. The summed E-state index contributed by atoms with van der Waals surface area (Å²) in [6.07, 6.45) is 1.71. The Kier molecular flexibility index (Phi) is 7.23. The molecule has 0 aromatic carbocycles. The molecule has 0 amide bonds. The van der Waals surface area contributed by atoms with Gasteiger partial charge in [-0.2, -0.15) is 0 Å². The van der Waals surface area contributed by atoms with Gasteiger partial charge in [0.25, 0.3) is 0 Å². The Labute approximate surface area is 80.4 Å². The van der Waals surface area contributed by atoms with E-state index in [4.69, 9.17) is 10.2 Å². The molecule has 0 aliphatic rings. The lowest BCUT2D eigenvalue weighted by Crippen LogP contribution is -2.14. The molecule has 0 bridgehead atoms. The molecule has 1 radical (unpaired) electrons. The van der Waals surface area contributed by atoms with Gasteiger partial charge in [0.2, 0.25) is 0 Å². The molecule has 0 aliphatic heterocycles. The molecule has 13 heavy (non-hydrogen) atoms. The normalized spacial score (nSPS) is 18.2. The first kappa shape index (κ1) is 12.9. The first-order valence-electron chi connectivity index (χ1n) is 4.89. The van der Waals surface area contributed by atoms with Gasteiger partial charge in [0.1, 0.15) is 0 Å². The second-order valence-electron chi connectivity index (χ2n) is 3.60. The van der Waals surface area contributed by atoms with Crippen LogP contribution in [0.3, 0.4) is 0 Å². The lowest BCUT2D eigenvalue weighted by molar-refractivity contribution is 0.0931. The predicted molar refractivity (Wildman–Crippen MR) is 52.1 cm³/mol. The highest BCUT2D eigenvalue weighted by molar-refractivity contribution is 4.63. The van der Waals surface area contributed by atoms with Crippen LogP contribution < -0.4 is 0 Å². The number of hydrogen-bond acceptors (Lipinski definition) is 3. The summed E-state index contributed by atoms with van der Waals surface area (Å²) in [5, 5.41) is 27.5. The molecule has 0 saturated heterocycles. The molecule has 0 aromatic heterocycles. The van der Waals surface area contributed by atoms with Crippen LogP contribution >= 0.6 is 0 Å². The van der Waals surface area contributed by atoms with Crippen LogP contribution in [-0.2, 0) is 0 Å². The zero-order valence-electron chi connectivity index (χ0n) is 8.32. The van der Waals surface area contributed by atoms with Crippen LogP contribution in [0, 0.1) is 6.92 Å². The topological polar surface area (TPSA) is 60.7 Å². The van der Waals surface area contributed by atoms with Crippen molar-refractivity contribution in [2.75, 3.05) is 0 Å². The van der Waals surface area contributed by atoms with E-state index in [2.05, 4.69) is 6.92 Å². The fraction of sp³-hybridized carbons (Fsp3) is 0.900. The summed E-state index contributed by atoms with van der Waals surface area (Å²) in [7, 11) is 0. The van der Waals surface area contributed by atoms with Gasteiger partial charge in [-0.25, -0.2) is 0 Å². The molecule has 79 valence electrons. The van der Waals surface area contributed by atoms with E-state index in [1.54, 1.807) is 6.92 Å². The molecule has 0 rings (SSSR count). The summed E-state index contributed by atoms with van der Waals surface area (Å²) in [6.45, 7) is 5.27. The third kappa shape index (κ3) is 8.22. The molecular formula is C10H21O3. The average molecular weight is 189 g/mol. The van der Waals surface area contributed by atoms with Crippen molar-refractivity contribution in [2.24, 2.45) is 0 Å². The lowest BCUT2D eigenvalue weighted by atomic mass is 10.0. The van der Waals surface area contributed by atoms with Crippen molar-refractivity contribution in [3.05, 3.63) is 6.92 Å². The number of hydrogen-bond donors (Lipinski definition) is 3. The maximum absolute atomic E-state index is 9.40. The van der Waals surface area contributed by atoms with Gasteiger partial charge < -0.3 is 15.3 Å². The number of aliphatic hydroxyl groups is 3. The molecule has 0 aliphatic carbocycles. The average Bonchev–Trinajstić information content (AvgIpc) is 2.10. The largest absolute Gasteiger partial charge is 0.393 e. The fourth-order valence-corrected chi connectivity index (χ4v) is 1.11. The van der Waals surface area contributed by atoms with Gasteiger partial charge in [-0.15, -0.1) is 0 Å². The second kappa shape index (κ2) is 7.30. The summed E-state index contributed by atoms with van der Waals surface area (Å²) in [4.78, 5) is 0. The van der Waals surface area contributed by atoms with E-state index >= 15 is 0 Å². The van der Waals surface area contributed by atoms with E-state index in [1.165, 1.54) is 0 Å². The third-order valence-corrected chi connectivity index (χ3v) is 2.08. The molecule has 3 atom stereocenters. The van der Waals surface area contributed by atoms with E-state index in [0.717, 1.165) is 0 Å². The number of rotatable bonds is 7. The van der Waals surface area contributed by atoms with Gasteiger partial charge in [-0.1, -0.05) is 6.92 Å². The van der Waals surface area contributed by atoms with Crippen LogP contribution in [0.15, 0.2) is 0 Å². The van der Waals surface area contributed by atoms with Crippen molar-refractivity contribution >= 4 is 0 Å². The van der Waals surface area contributed by atoms with Crippen LogP contribution in [0.5, 0.6) is 0 Å². The first-order chi connectivity index (χ1) is 6.06. The van der Waals surface area contributed by atoms with E-state index in [9.17, 15) is 5.11 Å². The molecule has 3 heteroatoms. The predicted octanol–water partition coefficient (Wildman–Crippen LogP) is 0.874. The molecule has 0 heterocycles. The van der Waals surface area contributed by atoms with Gasteiger partial charge >= 0.3 is 0 Å². The Morgan fingerprint density at radius 2 is 1.38 bits per heavy atom. The van der Waals surface area contributed by atoms with Crippen LogP contribution in [0.1, 0.15) is 39.0 Å². The highest BCUT2D eigenvalue weighted by Gasteiger charge is 2.08. The monoisotopic (exact) mass is 189 g/mol. The second-order valence-corrected chi connectivity index (χ2v) is 3.60. The highest BCUT2D eigenvalue weighted by Crippen LogP contribution is 2.09. The zero-order chi connectivity index (χ0) is 10.3. The lowest BCUT2D eigenvalue weighted by Gasteiger charge is -2.13. The van der Waals surface area contributed by atoms with Crippen molar-refractivity contribution in [3.63, 3.8) is 0 Å². The Morgan fingerprint density at radius 1 is 0.923 bits per heavy atom. The van der Waals surface area contributed by atoms with Gasteiger partial charge in [0.05, 0.1) is 18.3 Å². The van der Waals surface area contributed by atoms with Crippen molar-refractivity contribution in [3.8, 4) is 0 Å². The molecular weight excluding hydrogens is 168 g/mol. The van der Waals surface area contributed by atoms with Gasteiger partial charge in [0, 0.05) is 0 Å². The first-order valence-corrected chi connectivity index (χ1v) is 4.89. The van der Waals surface area contributed by atoms with Crippen molar-refractivity contribution in [1.82, 2.24) is 0 Å². The fourth-order valence-electron chi connectivity index (χ4n) is 1.11. The standard InChI is InChI=1S/C10H21O3/c1-3-9(12)6-7-10(13)5-4-8(2)11/h8-13H,1,3-7H2,2H3. The Hall–Kier alpha value is -0.120. The van der Waals surface area contributed by atoms with Crippen molar-refractivity contribution in [2.45, 2.75) is 57.3 Å². The van der Waals surface area contributed by atoms with Gasteiger partial charge in [-0.05, 0) is 39.0 Å². The maximum atomic E-state index is 9.40. The minimum absolute atomic E-state index is 0.354. The Bertz CT molecular complexity index is 115. The number of aliphatic hydroxyl groups excluding tert-OH is 3. The molecule has 0 fully saturated rings. The zero-order valence-corrected chi connectivity index (χ0v) is 8.32. The summed E-state index contributed by atoms with van der Waals surface area (Å²) < 4.78 is 0.